The number of ether oxygens (including phenoxy) is 1. The van der Waals surface area contributed by atoms with Gasteiger partial charge in [0.15, 0.2) is 0 Å². The first-order valence-corrected chi connectivity index (χ1v) is 6.81. The Labute approximate surface area is 110 Å². The molecule has 1 unspecified atom stereocenters. The molecule has 102 valence electrons. The Hall–Kier alpha value is -1.32. The van der Waals surface area contributed by atoms with Gasteiger partial charge in [-0.2, -0.15) is 4.98 Å². The molecule has 1 heterocycles. The minimum atomic E-state index is 0.513. The van der Waals surface area contributed by atoms with Gasteiger partial charge in [0, 0.05) is 0 Å². The number of aryl methyl sites for hydroxylation is 1. The zero-order chi connectivity index (χ0) is 13.5. The van der Waals surface area contributed by atoms with E-state index in [2.05, 4.69) is 23.8 Å². The molecule has 18 heavy (non-hydrogen) atoms. The molecular formula is C14H25N3O. The third-order valence-corrected chi connectivity index (χ3v) is 3.25. The summed E-state index contributed by atoms with van der Waals surface area (Å²) in [6.45, 7) is 8.86. The van der Waals surface area contributed by atoms with Crippen molar-refractivity contribution in [2.75, 3.05) is 12.3 Å². The Bertz CT molecular complexity index is 380. The van der Waals surface area contributed by atoms with Crippen LogP contribution in [-0.2, 0) is 0 Å². The van der Waals surface area contributed by atoms with Gasteiger partial charge in [-0.25, -0.2) is 4.98 Å². The fourth-order valence-corrected chi connectivity index (χ4v) is 1.86. The molecule has 1 aromatic rings. The van der Waals surface area contributed by atoms with Crippen molar-refractivity contribution in [2.24, 2.45) is 5.92 Å². The third kappa shape index (κ3) is 4.17. The summed E-state index contributed by atoms with van der Waals surface area (Å²) < 4.78 is 5.82. The van der Waals surface area contributed by atoms with Crippen LogP contribution in [0.5, 0.6) is 5.88 Å². The molecule has 0 amide bonds. The summed E-state index contributed by atoms with van der Waals surface area (Å²) in [6.07, 6.45) is 4.84. The van der Waals surface area contributed by atoms with Crippen LogP contribution in [0.25, 0.3) is 0 Å². The SMILES string of the molecule is CCCCC(CC)COc1nc(C)nc(N)c1C. The van der Waals surface area contributed by atoms with Crippen molar-refractivity contribution < 1.29 is 4.74 Å². The van der Waals surface area contributed by atoms with E-state index in [4.69, 9.17) is 10.5 Å². The summed E-state index contributed by atoms with van der Waals surface area (Å²) in [5, 5.41) is 0. The van der Waals surface area contributed by atoms with Crippen molar-refractivity contribution in [1.29, 1.82) is 0 Å². The number of nitrogen functional groups attached to an aromatic ring is 1. The predicted molar refractivity (Wildman–Crippen MR) is 74.7 cm³/mol. The van der Waals surface area contributed by atoms with Gasteiger partial charge in [-0.15, -0.1) is 0 Å². The molecule has 0 spiro atoms. The van der Waals surface area contributed by atoms with E-state index in [0.29, 0.717) is 30.0 Å². The first-order valence-electron chi connectivity index (χ1n) is 6.81. The number of rotatable bonds is 7. The van der Waals surface area contributed by atoms with Crippen LogP contribution < -0.4 is 10.5 Å². The van der Waals surface area contributed by atoms with E-state index in [9.17, 15) is 0 Å². The number of anilines is 1. The van der Waals surface area contributed by atoms with Gasteiger partial charge in [0.2, 0.25) is 5.88 Å². The van der Waals surface area contributed by atoms with Gasteiger partial charge in [-0.1, -0.05) is 33.1 Å². The summed E-state index contributed by atoms with van der Waals surface area (Å²) in [7, 11) is 0. The molecule has 0 aliphatic carbocycles. The molecular weight excluding hydrogens is 226 g/mol. The van der Waals surface area contributed by atoms with Gasteiger partial charge in [-0.3, -0.25) is 0 Å². The number of nitrogens with two attached hydrogens (primary N) is 1. The molecule has 0 saturated carbocycles. The lowest BCUT2D eigenvalue weighted by molar-refractivity contribution is 0.224. The lowest BCUT2D eigenvalue weighted by Crippen LogP contribution is -2.13. The molecule has 4 nitrogen and oxygen atoms in total. The maximum absolute atomic E-state index is 5.82. The Morgan fingerprint density at radius 3 is 2.56 bits per heavy atom. The van der Waals surface area contributed by atoms with Gasteiger partial charge < -0.3 is 10.5 Å². The van der Waals surface area contributed by atoms with Crippen molar-refractivity contribution in [3.8, 4) is 5.88 Å². The van der Waals surface area contributed by atoms with Crippen molar-refractivity contribution >= 4 is 5.82 Å². The smallest absolute Gasteiger partial charge is 0.221 e. The van der Waals surface area contributed by atoms with E-state index in [1.165, 1.54) is 19.3 Å². The molecule has 0 aromatic carbocycles. The van der Waals surface area contributed by atoms with Crippen molar-refractivity contribution in [1.82, 2.24) is 9.97 Å². The highest BCUT2D eigenvalue weighted by Gasteiger charge is 2.11. The Balaban J connectivity index is 2.61. The highest BCUT2D eigenvalue weighted by Crippen LogP contribution is 2.21. The van der Waals surface area contributed by atoms with Crippen molar-refractivity contribution in [2.45, 2.75) is 53.4 Å². The maximum Gasteiger partial charge on any atom is 0.221 e. The molecule has 0 aliphatic heterocycles. The van der Waals surface area contributed by atoms with E-state index in [-0.39, 0.29) is 0 Å². The van der Waals surface area contributed by atoms with Gasteiger partial charge >= 0.3 is 0 Å². The molecule has 0 bridgehead atoms. The number of hydrogen-bond acceptors (Lipinski definition) is 4. The summed E-state index contributed by atoms with van der Waals surface area (Å²) >= 11 is 0. The summed E-state index contributed by atoms with van der Waals surface area (Å²) in [5.74, 6) is 2.41. The molecule has 2 N–H and O–H groups in total. The van der Waals surface area contributed by atoms with Crippen molar-refractivity contribution in [3.05, 3.63) is 11.4 Å². The van der Waals surface area contributed by atoms with E-state index >= 15 is 0 Å². The van der Waals surface area contributed by atoms with Crippen LogP contribution in [0.2, 0.25) is 0 Å². The minimum Gasteiger partial charge on any atom is -0.477 e. The average Bonchev–Trinajstić information content (AvgIpc) is 2.35. The standard InChI is InChI=1S/C14H25N3O/c1-5-7-8-12(6-2)9-18-14-10(3)13(15)16-11(4)17-14/h12H,5-9H2,1-4H3,(H2,15,16,17). The summed E-state index contributed by atoms with van der Waals surface area (Å²) in [6, 6.07) is 0. The number of unbranched alkanes of at least 4 members (excludes halogenated alkanes) is 1. The quantitative estimate of drug-likeness (QED) is 0.808. The van der Waals surface area contributed by atoms with Crippen LogP contribution in [0.1, 0.15) is 50.9 Å². The number of nitrogens with zero attached hydrogens (tertiary/aromatic N) is 2. The Morgan fingerprint density at radius 1 is 1.22 bits per heavy atom. The van der Waals surface area contributed by atoms with E-state index in [1.807, 2.05) is 13.8 Å². The zero-order valence-electron chi connectivity index (χ0n) is 12.0. The molecule has 4 heteroatoms. The fraction of sp³-hybridized carbons (Fsp3) is 0.714. The maximum atomic E-state index is 5.82. The lowest BCUT2D eigenvalue weighted by atomic mass is 10.0. The number of aromatic nitrogens is 2. The molecule has 0 fully saturated rings. The Kier molecular flexibility index (Phi) is 5.89. The first kappa shape index (κ1) is 14.7. The van der Waals surface area contributed by atoms with E-state index in [1.54, 1.807) is 0 Å². The van der Waals surface area contributed by atoms with E-state index < -0.39 is 0 Å². The number of hydrogen-bond donors (Lipinski definition) is 1. The Morgan fingerprint density at radius 2 is 1.94 bits per heavy atom. The van der Waals surface area contributed by atoms with Crippen LogP contribution in [0.3, 0.4) is 0 Å². The molecule has 0 saturated heterocycles. The second kappa shape index (κ2) is 7.19. The molecule has 0 radical (unpaired) electrons. The van der Waals surface area contributed by atoms with Gasteiger partial charge in [-0.05, 0) is 26.2 Å². The zero-order valence-corrected chi connectivity index (χ0v) is 12.0. The summed E-state index contributed by atoms with van der Waals surface area (Å²) in [5.41, 5.74) is 6.65. The highest BCUT2D eigenvalue weighted by atomic mass is 16.5. The van der Waals surface area contributed by atoms with Crippen LogP contribution in [-0.4, -0.2) is 16.6 Å². The predicted octanol–water partition coefficient (Wildman–Crippen LogP) is 3.27. The largest absolute Gasteiger partial charge is 0.477 e. The highest BCUT2D eigenvalue weighted by molar-refractivity contribution is 5.44. The van der Waals surface area contributed by atoms with Gasteiger partial charge in [0.05, 0.1) is 12.2 Å². The van der Waals surface area contributed by atoms with Crippen LogP contribution >= 0.6 is 0 Å². The van der Waals surface area contributed by atoms with Crippen LogP contribution in [0, 0.1) is 19.8 Å². The van der Waals surface area contributed by atoms with Crippen LogP contribution in [0.15, 0.2) is 0 Å². The molecule has 0 aliphatic rings. The average molecular weight is 251 g/mol. The second-order valence-electron chi connectivity index (χ2n) is 4.81. The second-order valence-corrected chi connectivity index (χ2v) is 4.81. The third-order valence-electron chi connectivity index (χ3n) is 3.25. The first-order chi connectivity index (χ1) is 8.58. The molecule has 1 rings (SSSR count). The molecule has 1 atom stereocenters. The fourth-order valence-electron chi connectivity index (χ4n) is 1.86. The summed E-state index contributed by atoms with van der Waals surface area (Å²) in [4.78, 5) is 8.42. The molecule has 1 aromatic heterocycles. The van der Waals surface area contributed by atoms with E-state index in [0.717, 1.165) is 12.0 Å². The normalized spacial score (nSPS) is 12.4. The lowest BCUT2D eigenvalue weighted by Gasteiger charge is -2.16. The minimum absolute atomic E-state index is 0.513. The van der Waals surface area contributed by atoms with Crippen LogP contribution in [0.4, 0.5) is 5.82 Å². The van der Waals surface area contributed by atoms with Crippen molar-refractivity contribution in [3.63, 3.8) is 0 Å². The van der Waals surface area contributed by atoms with Gasteiger partial charge in [0.25, 0.3) is 0 Å². The monoisotopic (exact) mass is 251 g/mol. The topological polar surface area (TPSA) is 61.0 Å². The van der Waals surface area contributed by atoms with Gasteiger partial charge in [0.1, 0.15) is 11.6 Å².